The molecule has 0 aromatic carbocycles. The lowest BCUT2D eigenvalue weighted by atomic mass is 9.95. The number of nitrogens with one attached hydrogen (secondary N) is 1. The number of hydrogen-bond donors (Lipinski definition) is 2. The van der Waals surface area contributed by atoms with E-state index in [2.05, 4.69) is 39.9 Å². The van der Waals surface area contributed by atoms with Gasteiger partial charge in [-0.1, -0.05) is 34.6 Å². The Balaban J connectivity index is 3.72. The molecule has 0 saturated carbocycles. The third-order valence-electron chi connectivity index (χ3n) is 1.90. The van der Waals surface area contributed by atoms with Gasteiger partial charge < -0.3 is 10.4 Å². The number of aliphatic hydroxyl groups excluding tert-OH is 1. The van der Waals surface area contributed by atoms with Gasteiger partial charge in [0.1, 0.15) is 0 Å². The molecule has 2 nitrogen and oxygen atoms in total. The predicted octanol–water partition coefficient (Wildman–Crippen LogP) is 2.03. The van der Waals surface area contributed by atoms with Crippen LogP contribution in [0.15, 0.2) is 0 Å². The lowest BCUT2D eigenvalue weighted by Crippen LogP contribution is -2.38. The number of hydrogen-bond acceptors (Lipinski definition) is 2. The molecule has 0 radical (unpaired) electrons. The first kappa shape index (κ1) is 12.9. The molecule has 2 N–H and O–H groups in total. The van der Waals surface area contributed by atoms with Crippen molar-refractivity contribution in [1.82, 2.24) is 5.32 Å². The molecule has 0 bridgehead atoms. The Bertz CT molecular complexity index is 127. The van der Waals surface area contributed by atoms with Crippen molar-refractivity contribution in [1.29, 1.82) is 0 Å². The topological polar surface area (TPSA) is 32.3 Å². The van der Waals surface area contributed by atoms with Gasteiger partial charge in [0.2, 0.25) is 0 Å². The molecule has 0 aliphatic heterocycles. The first-order valence-corrected chi connectivity index (χ1v) is 5.19. The highest BCUT2D eigenvalue weighted by atomic mass is 16.3. The predicted molar refractivity (Wildman–Crippen MR) is 57.8 cm³/mol. The standard InChI is InChI=1S/C11H25NO/c1-9(2)6-10(7-13)12-8-11(3,4)5/h9-10,12-13H,6-8H2,1-5H3/t10-/m1/s1. The molecule has 0 amide bonds. The highest BCUT2D eigenvalue weighted by Crippen LogP contribution is 2.12. The normalized spacial score (nSPS) is 15.0. The number of rotatable bonds is 5. The minimum atomic E-state index is 0.244. The average Bonchev–Trinajstić information content (AvgIpc) is 1.95. The van der Waals surface area contributed by atoms with Gasteiger partial charge in [0.25, 0.3) is 0 Å². The zero-order chi connectivity index (χ0) is 10.5. The fraction of sp³-hybridized carbons (Fsp3) is 1.00. The highest BCUT2D eigenvalue weighted by molar-refractivity contribution is 4.72. The second kappa shape index (κ2) is 5.61. The molecule has 0 aromatic heterocycles. The molecule has 0 spiro atoms. The van der Waals surface area contributed by atoms with E-state index < -0.39 is 0 Å². The van der Waals surface area contributed by atoms with Crippen LogP contribution in [0.2, 0.25) is 0 Å². The summed E-state index contributed by atoms with van der Waals surface area (Å²) in [5.41, 5.74) is 0.296. The van der Waals surface area contributed by atoms with Gasteiger partial charge >= 0.3 is 0 Å². The largest absolute Gasteiger partial charge is 0.395 e. The highest BCUT2D eigenvalue weighted by Gasteiger charge is 2.14. The Morgan fingerprint density at radius 1 is 1.23 bits per heavy atom. The van der Waals surface area contributed by atoms with Crippen molar-refractivity contribution in [2.75, 3.05) is 13.2 Å². The Morgan fingerprint density at radius 3 is 2.08 bits per heavy atom. The van der Waals surface area contributed by atoms with Crippen LogP contribution >= 0.6 is 0 Å². The van der Waals surface area contributed by atoms with E-state index in [9.17, 15) is 0 Å². The quantitative estimate of drug-likeness (QED) is 0.690. The molecule has 0 fully saturated rings. The minimum Gasteiger partial charge on any atom is -0.395 e. The molecular formula is C11H25NO. The van der Waals surface area contributed by atoms with Crippen LogP contribution in [-0.2, 0) is 0 Å². The molecule has 0 saturated heterocycles. The first-order valence-electron chi connectivity index (χ1n) is 5.19. The summed E-state index contributed by atoms with van der Waals surface area (Å²) in [5, 5.41) is 12.5. The van der Waals surface area contributed by atoms with E-state index in [-0.39, 0.29) is 12.6 Å². The van der Waals surface area contributed by atoms with Crippen molar-refractivity contribution in [3.05, 3.63) is 0 Å². The van der Waals surface area contributed by atoms with Crippen molar-refractivity contribution in [3.8, 4) is 0 Å². The summed E-state index contributed by atoms with van der Waals surface area (Å²) in [4.78, 5) is 0. The van der Waals surface area contributed by atoms with Crippen LogP contribution in [0.25, 0.3) is 0 Å². The lowest BCUT2D eigenvalue weighted by molar-refractivity contribution is 0.210. The van der Waals surface area contributed by atoms with Gasteiger partial charge in [0.05, 0.1) is 6.61 Å². The van der Waals surface area contributed by atoms with Gasteiger partial charge in [0.15, 0.2) is 0 Å². The van der Waals surface area contributed by atoms with Crippen LogP contribution in [0.5, 0.6) is 0 Å². The van der Waals surface area contributed by atoms with Crippen LogP contribution in [0, 0.1) is 11.3 Å². The SMILES string of the molecule is CC(C)C[C@H](CO)NCC(C)(C)C. The molecule has 80 valence electrons. The van der Waals surface area contributed by atoms with E-state index in [4.69, 9.17) is 5.11 Å². The van der Waals surface area contributed by atoms with E-state index in [0.717, 1.165) is 13.0 Å². The average molecular weight is 187 g/mol. The van der Waals surface area contributed by atoms with Gasteiger partial charge in [-0.2, -0.15) is 0 Å². The summed E-state index contributed by atoms with van der Waals surface area (Å²) >= 11 is 0. The van der Waals surface area contributed by atoms with E-state index in [0.29, 0.717) is 11.3 Å². The Kier molecular flexibility index (Phi) is 5.57. The van der Waals surface area contributed by atoms with Crippen molar-refractivity contribution in [2.45, 2.75) is 47.1 Å². The van der Waals surface area contributed by atoms with Gasteiger partial charge in [-0.05, 0) is 17.8 Å². The molecule has 13 heavy (non-hydrogen) atoms. The minimum absolute atomic E-state index is 0.244. The molecule has 0 aliphatic carbocycles. The third-order valence-corrected chi connectivity index (χ3v) is 1.90. The summed E-state index contributed by atoms with van der Waals surface area (Å²) < 4.78 is 0. The summed E-state index contributed by atoms with van der Waals surface area (Å²) in [6.07, 6.45) is 1.05. The second-order valence-electron chi connectivity index (χ2n) is 5.45. The Morgan fingerprint density at radius 2 is 1.77 bits per heavy atom. The fourth-order valence-electron chi connectivity index (χ4n) is 1.24. The van der Waals surface area contributed by atoms with Crippen LogP contribution in [-0.4, -0.2) is 24.3 Å². The second-order valence-corrected chi connectivity index (χ2v) is 5.45. The maximum absolute atomic E-state index is 9.11. The molecule has 0 aromatic rings. The molecule has 0 aliphatic rings. The van der Waals surface area contributed by atoms with E-state index in [1.165, 1.54) is 0 Å². The summed E-state index contributed by atoms with van der Waals surface area (Å²) in [5.74, 6) is 0.643. The molecule has 0 heterocycles. The van der Waals surface area contributed by atoms with Gasteiger partial charge in [0, 0.05) is 12.6 Å². The molecule has 0 unspecified atom stereocenters. The van der Waals surface area contributed by atoms with Gasteiger partial charge in [-0.3, -0.25) is 0 Å². The Labute approximate surface area is 82.7 Å². The van der Waals surface area contributed by atoms with Crippen molar-refractivity contribution >= 4 is 0 Å². The summed E-state index contributed by atoms with van der Waals surface area (Å²) in [7, 11) is 0. The lowest BCUT2D eigenvalue weighted by Gasteiger charge is -2.24. The maximum atomic E-state index is 9.11. The van der Waals surface area contributed by atoms with Crippen LogP contribution in [0.4, 0.5) is 0 Å². The van der Waals surface area contributed by atoms with E-state index >= 15 is 0 Å². The third kappa shape index (κ3) is 8.26. The van der Waals surface area contributed by atoms with Crippen LogP contribution in [0.3, 0.4) is 0 Å². The van der Waals surface area contributed by atoms with Crippen molar-refractivity contribution < 1.29 is 5.11 Å². The molecular weight excluding hydrogens is 162 g/mol. The first-order chi connectivity index (χ1) is 5.85. The fourth-order valence-corrected chi connectivity index (χ4v) is 1.24. The van der Waals surface area contributed by atoms with Gasteiger partial charge in [-0.25, -0.2) is 0 Å². The monoisotopic (exact) mass is 187 g/mol. The zero-order valence-corrected chi connectivity index (χ0v) is 9.72. The van der Waals surface area contributed by atoms with Crippen molar-refractivity contribution in [2.24, 2.45) is 11.3 Å². The molecule has 2 heteroatoms. The molecule has 1 atom stereocenters. The number of aliphatic hydroxyl groups is 1. The van der Waals surface area contributed by atoms with E-state index in [1.807, 2.05) is 0 Å². The summed E-state index contributed by atoms with van der Waals surface area (Å²) in [6, 6.07) is 0.263. The zero-order valence-electron chi connectivity index (χ0n) is 9.72. The Hall–Kier alpha value is -0.0800. The maximum Gasteiger partial charge on any atom is 0.0584 e. The van der Waals surface area contributed by atoms with Crippen LogP contribution in [0.1, 0.15) is 41.0 Å². The van der Waals surface area contributed by atoms with E-state index in [1.54, 1.807) is 0 Å². The van der Waals surface area contributed by atoms with Crippen LogP contribution < -0.4 is 5.32 Å². The summed E-state index contributed by atoms with van der Waals surface area (Å²) in [6.45, 7) is 12.2. The van der Waals surface area contributed by atoms with Crippen molar-refractivity contribution in [3.63, 3.8) is 0 Å². The smallest absolute Gasteiger partial charge is 0.0584 e. The van der Waals surface area contributed by atoms with Gasteiger partial charge in [-0.15, -0.1) is 0 Å². The molecule has 0 rings (SSSR count).